The van der Waals surface area contributed by atoms with Crippen LogP contribution in [-0.2, 0) is 6.42 Å². The van der Waals surface area contributed by atoms with E-state index in [2.05, 4.69) is 32.7 Å². The molecule has 5 heteroatoms. The van der Waals surface area contributed by atoms with Crippen LogP contribution < -0.4 is 10.6 Å². The Morgan fingerprint density at radius 1 is 1.29 bits per heavy atom. The van der Waals surface area contributed by atoms with E-state index in [0.717, 1.165) is 57.2 Å². The maximum absolute atomic E-state index is 4.14. The lowest BCUT2D eigenvalue weighted by Crippen LogP contribution is -2.45. The van der Waals surface area contributed by atoms with Gasteiger partial charge in [0.25, 0.3) is 0 Å². The molecule has 1 aliphatic rings. The molecule has 2 heterocycles. The SMILES string of the molecule is CCc1ccc(NCCN2CCNCC2)nn1. The summed E-state index contributed by atoms with van der Waals surface area (Å²) in [7, 11) is 0. The summed E-state index contributed by atoms with van der Waals surface area (Å²) in [6, 6.07) is 4.03. The van der Waals surface area contributed by atoms with Crippen LogP contribution >= 0.6 is 0 Å². The molecule has 0 atom stereocenters. The average molecular weight is 235 g/mol. The van der Waals surface area contributed by atoms with E-state index < -0.39 is 0 Å². The van der Waals surface area contributed by atoms with Crippen molar-refractivity contribution in [1.29, 1.82) is 0 Å². The van der Waals surface area contributed by atoms with Crippen molar-refractivity contribution in [2.75, 3.05) is 44.6 Å². The van der Waals surface area contributed by atoms with Crippen LogP contribution in [0.4, 0.5) is 5.82 Å². The fraction of sp³-hybridized carbons (Fsp3) is 0.667. The molecule has 0 aliphatic carbocycles. The van der Waals surface area contributed by atoms with Crippen molar-refractivity contribution in [2.45, 2.75) is 13.3 Å². The van der Waals surface area contributed by atoms with E-state index in [0.29, 0.717) is 0 Å². The number of nitrogens with zero attached hydrogens (tertiary/aromatic N) is 3. The number of nitrogens with one attached hydrogen (secondary N) is 2. The summed E-state index contributed by atoms with van der Waals surface area (Å²) < 4.78 is 0. The van der Waals surface area contributed by atoms with Gasteiger partial charge in [0, 0.05) is 39.3 Å². The lowest BCUT2D eigenvalue weighted by Gasteiger charge is -2.27. The molecule has 1 saturated heterocycles. The Balaban J connectivity index is 1.69. The highest BCUT2D eigenvalue weighted by atomic mass is 15.2. The van der Waals surface area contributed by atoms with Crippen molar-refractivity contribution >= 4 is 5.82 Å². The van der Waals surface area contributed by atoms with E-state index in [1.54, 1.807) is 0 Å². The largest absolute Gasteiger partial charge is 0.367 e. The number of rotatable bonds is 5. The van der Waals surface area contributed by atoms with Gasteiger partial charge in [-0.25, -0.2) is 0 Å². The van der Waals surface area contributed by atoms with E-state index in [-0.39, 0.29) is 0 Å². The van der Waals surface area contributed by atoms with Gasteiger partial charge in [0.2, 0.25) is 0 Å². The summed E-state index contributed by atoms with van der Waals surface area (Å²) >= 11 is 0. The van der Waals surface area contributed by atoms with Gasteiger partial charge in [0.1, 0.15) is 5.82 Å². The highest BCUT2D eigenvalue weighted by Gasteiger charge is 2.08. The third-order valence-electron chi connectivity index (χ3n) is 3.03. The molecule has 0 radical (unpaired) electrons. The second-order valence-corrected chi connectivity index (χ2v) is 4.28. The van der Waals surface area contributed by atoms with Crippen LogP contribution in [-0.4, -0.2) is 54.4 Å². The van der Waals surface area contributed by atoms with E-state index in [1.807, 2.05) is 12.1 Å². The van der Waals surface area contributed by atoms with Crippen LogP contribution in [0.1, 0.15) is 12.6 Å². The molecule has 0 saturated carbocycles. The minimum Gasteiger partial charge on any atom is -0.367 e. The molecule has 1 aliphatic heterocycles. The summed E-state index contributed by atoms with van der Waals surface area (Å²) in [5.41, 5.74) is 1.04. The summed E-state index contributed by atoms with van der Waals surface area (Å²) in [6.45, 7) is 8.57. The number of aryl methyl sites for hydroxylation is 1. The number of hydrogen-bond donors (Lipinski definition) is 2. The van der Waals surface area contributed by atoms with Gasteiger partial charge in [-0.2, -0.15) is 5.10 Å². The minimum atomic E-state index is 0.873. The van der Waals surface area contributed by atoms with E-state index in [1.165, 1.54) is 0 Å². The van der Waals surface area contributed by atoms with Gasteiger partial charge in [0.15, 0.2) is 0 Å². The molecular formula is C12H21N5. The third-order valence-corrected chi connectivity index (χ3v) is 3.03. The van der Waals surface area contributed by atoms with Gasteiger partial charge in [0.05, 0.1) is 5.69 Å². The zero-order valence-electron chi connectivity index (χ0n) is 10.4. The van der Waals surface area contributed by atoms with Gasteiger partial charge >= 0.3 is 0 Å². The molecule has 17 heavy (non-hydrogen) atoms. The molecule has 0 spiro atoms. The molecule has 0 unspecified atom stereocenters. The van der Waals surface area contributed by atoms with Crippen molar-refractivity contribution in [3.8, 4) is 0 Å². The van der Waals surface area contributed by atoms with Gasteiger partial charge in [-0.15, -0.1) is 5.10 Å². The molecule has 0 bridgehead atoms. The maximum atomic E-state index is 4.14. The first kappa shape index (κ1) is 12.3. The number of hydrogen-bond acceptors (Lipinski definition) is 5. The van der Waals surface area contributed by atoms with Crippen LogP contribution in [0.3, 0.4) is 0 Å². The number of anilines is 1. The van der Waals surface area contributed by atoms with Gasteiger partial charge < -0.3 is 10.6 Å². The molecular weight excluding hydrogens is 214 g/mol. The Morgan fingerprint density at radius 3 is 2.76 bits per heavy atom. The molecule has 0 aromatic carbocycles. The molecule has 2 rings (SSSR count). The molecule has 0 amide bonds. The summed E-state index contributed by atoms with van der Waals surface area (Å²) in [6.07, 6.45) is 0.939. The Labute approximate surface area is 103 Å². The van der Waals surface area contributed by atoms with Gasteiger partial charge in [-0.3, -0.25) is 4.90 Å². The highest BCUT2D eigenvalue weighted by Crippen LogP contribution is 2.02. The quantitative estimate of drug-likeness (QED) is 0.771. The normalized spacial score (nSPS) is 17.0. The van der Waals surface area contributed by atoms with Crippen molar-refractivity contribution in [3.05, 3.63) is 17.8 Å². The van der Waals surface area contributed by atoms with Crippen LogP contribution in [0.15, 0.2) is 12.1 Å². The van der Waals surface area contributed by atoms with Crippen LogP contribution in [0.2, 0.25) is 0 Å². The zero-order chi connectivity index (χ0) is 11.9. The third kappa shape index (κ3) is 3.94. The van der Waals surface area contributed by atoms with Crippen molar-refractivity contribution in [3.63, 3.8) is 0 Å². The molecule has 2 N–H and O–H groups in total. The molecule has 94 valence electrons. The maximum Gasteiger partial charge on any atom is 0.148 e. The first-order valence-electron chi connectivity index (χ1n) is 6.38. The summed E-state index contributed by atoms with van der Waals surface area (Å²) in [5.74, 6) is 0.873. The smallest absolute Gasteiger partial charge is 0.148 e. The van der Waals surface area contributed by atoms with Crippen molar-refractivity contribution < 1.29 is 0 Å². The monoisotopic (exact) mass is 235 g/mol. The van der Waals surface area contributed by atoms with Crippen LogP contribution in [0.25, 0.3) is 0 Å². The van der Waals surface area contributed by atoms with Crippen molar-refractivity contribution in [2.24, 2.45) is 0 Å². The fourth-order valence-electron chi connectivity index (χ4n) is 1.92. The predicted octanol–water partition coefficient (Wildman–Crippen LogP) is 0.356. The number of piperazine rings is 1. The highest BCUT2D eigenvalue weighted by molar-refractivity contribution is 5.32. The van der Waals surface area contributed by atoms with Gasteiger partial charge in [-0.05, 0) is 18.6 Å². The first-order chi connectivity index (χ1) is 8.38. The molecule has 5 nitrogen and oxygen atoms in total. The number of aromatic nitrogens is 2. The molecule has 1 aromatic rings. The topological polar surface area (TPSA) is 53.1 Å². The molecule has 1 aromatic heterocycles. The zero-order valence-corrected chi connectivity index (χ0v) is 10.4. The lowest BCUT2D eigenvalue weighted by atomic mass is 10.3. The van der Waals surface area contributed by atoms with Crippen LogP contribution in [0.5, 0.6) is 0 Å². The minimum absolute atomic E-state index is 0.873. The van der Waals surface area contributed by atoms with Crippen LogP contribution in [0, 0.1) is 0 Å². The Morgan fingerprint density at radius 2 is 2.12 bits per heavy atom. The lowest BCUT2D eigenvalue weighted by molar-refractivity contribution is 0.249. The van der Waals surface area contributed by atoms with E-state index >= 15 is 0 Å². The average Bonchev–Trinajstić information content (AvgIpc) is 2.41. The summed E-state index contributed by atoms with van der Waals surface area (Å²) in [4.78, 5) is 2.46. The Hall–Kier alpha value is -1.20. The van der Waals surface area contributed by atoms with Gasteiger partial charge in [-0.1, -0.05) is 6.92 Å². The Bertz CT molecular complexity index is 318. The van der Waals surface area contributed by atoms with E-state index in [4.69, 9.17) is 0 Å². The first-order valence-corrected chi connectivity index (χ1v) is 6.38. The van der Waals surface area contributed by atoms with E-state index in [9.17, 15) is 0 Å². The summed E-state index contributed by atoms with van der Waals surface area (Å²) in [5, 5.41) is 14.9. The predicted molar refractivity (Wildman–Crippen MR) is 69.2 cm³/mol. The molecule has 1 fully saturated rings. The van der Waals surface area contributed by atoms with Crippen molar-refractivity contribution in [1.82, 2.24) is 20.4 Å². The fourth-order valence-corrected chi connectivity index (χ4v) is 1.92. The standard InChI is InChI=1S/C12H21N5/c1-2-11-3-4-12(16-15-11)14-7-10-17-8-5-13-6-9-17/h3-4,13H,2,5-10H2,1H3,(H,14,16). The second-order valence-electron chi connectivity index (χ2n) is 4.28. The second kappa shape index (κ2) is 6.51. The Kier molecular flexibility index (Phi) is 4.70.